The molecule has 0 amide bonds. The summed E-state index contributed by atoms with van der Waals surface area (Å²) in [7, 11) is 1.44. The Kier molecular flexibility index (Phi) is 4.09. The molecule has 0 saturated heterocycles. The highest BCUT2D eigenvalue weighted by Gasteiger charge is 2.32. The first kappa shape index (κ1) is 12.0. The molecule has 0 bridgehead atoms. The van der Waals surface area contributed by atoms with Gasteiger partial charge in [0.05, 0.1) is 13.5 Å². The maximum Gasteiger partial charge on any atom is 0.307 e. The minimum Gasteiger partial charge on any atom is -0.469 e. The van der Waals surface area contributed by atoms with Crippen molar-refractivity contribution >= 4 is 5.97 Å². The second-order valence-electron chi connectivity index (χ2n) is 4.46. The van der Waals surface area contributed by atoms with Gasteiger partial charge < -0.3 is 10.1 Å². The number of nitrogens with zero attached hydrogens (tertiary/aromatic N) is 1. The molecule has 4 heteroatoms. The zero-order valence-corrected chi connectivity index (χ0v) is 10.1. The number of hydrogen-bond donors (Lipinski definition) is 1. The van der Waals surface area contributed by atoms with Crippen molar-refractivity contribution in [3.63, 3.8) is 0 Å². The molecular weight excluding hydrogens is 216 g/mol. The van der Waals surface area contributed by atoms with Crippen LogP contribution in [0.1, 0.15) is 24.8 Å². The summed E-state index contributed by atoms with van der Waals surface area (Å²) >= 11 is 0. The molecule has 4 nitrogen and oxygen atoms in total. The summed E-state index contributed by atoms with van der Waals surface area (Å²) in [5.41, 5.74) is 1.19. The molecule has 1 aromatic rings. The molecule has 1 saturated carbocycles. The predicted molar refractivity (Wildman–Crippen MR) is 64.2 cm³/mol. The lowest BCUT2D eigenvalue weighted by Crippen LogP contribution is -2.33. The fourth-order valence-corrected chi connectivity index (χ4v) is 1.92. The van der Waals surface area contributed by atoms with E-state index in [1.165, 1.54) is 25.5 Å². The van der Waals surface area contributed by atoms with Crippen molar-refractivity contribution in [1.29, 1.82) is 0 Å². The topological polar surface area (TPSA) is 51.2 Å². The van der Waals surface area contributed by atoms with Crippen LogP contribution in [-0.2, 0) is 16.1 Å². The Balaban J connectivity index is 1.83. The Labute approximate surface area is 101 Å². The summed E-state index contributed by atoms with van der Waals surface area (Å²) in [5.74, 6) is 0.500. The number of ether oxygens (including phenoxy) is 1. The zero-order valence-electron chi connectivity index (χ0n) is 10.1. The largest absolute Gasteiger partial charge is 0.469 e. The third-order valence-electron chi connectivity index (χ3n) is 3.12. The Hall–Kier alpha value is -1.42. The first-order valence-electron chi connectivity index (χ1n) is 5.98. The molecule has 92 valence electrons. The van der Waals surface area contributed by atoms with Crippen LogP contribution in [0.5, 0.6) is 0 Å². The van der Waals surface area contributed by atoms with Crippen LogP contribution in [0.2, 0.25) is 0 Å². The molecule has 1 aromatic heterocycles. The fraction of sp³-hybridized carbons (Fsp3) is 0.538. The van der Waals surface area contributed by atoms with Crippen molar-refractivity contribution in [2.24, 2.45) is 5.92 Å². The Morgan fingerprint density at radius 1 is 1.53 bits per heavy atom. The van der Waals surface area contributed by atoms with Gasteiger partial charge in [0.15, 0.2) is 0 Å². The Morgan fingerprint density at radius 2 is 2.24 bits per heavy atom. The van der Waals surface area contributed by atoms with E-state index in [1.54, 1.807) is 12.4 Å². The van der Waals surface area contributed by atoms with E-state index in [2.05, 4.69) is 10.3 Å². The Morgan fingerprint density at radius 3 is 2.82 bits per heavy atom. The monoisotopic (exact) mass is 234 g/mol. The van der Waals surface area contributed by atoms with Crippen molar-refractivity contribution in [1.82, 2.24) is 10.3 Å². The van der Waals surface area contributed by atoms with Crippen molar-refractivity contribution in [2.75, 3.05) is 7.11 Å². The van der Waals surface area contributed by atoms with Crippen molar-refractivity contribution < 1.29 is 9.53 Å². The minimum absolute atomic E-state index is 0.135. The zero-order chi connectivity index (χ0) is 12.1. The lowest BCUT2D eigenvalue weighted by molar-refractivity contribution is -0.141. The van der Waals surface area contributed by atoms with Crippen LogP contribution in [-0.4, -0.2) is 24.1 Å². The molecule has 2 rings (SSSR count). The van der Waals surface area contributed by atoms with E-state index >= 15 is 0 Å². The van der Waals surface area contributed by atoms with Gasteiger partial charge in [0.25, 0.3) is 0 Å². The van der Waals surface area contributed by atoms with Gasteiger partial charge in [-0.15, -0.1) is 0 Å². The van der Waals surface area contributed by atoms with Gasteiger partial charge in [-0.25, -0.2) is 0 Å². The number of pyridine rings is 1. The Bertz CT molecular complexity index is 363. The van der Waals surface area contributed by atoms with Gasteiger partial charge in [0.1, 0.15) is 0 Å². The summed E-state index contributed by atoms with van der Waals surface area (Å²) in [5, 5.41) is 3.43. The van der Waals surface area contributed by atoms with E-state index in [4.69, 9.17) is 4.74 Å². The maximum atomic E-state index is 11.3. The number of rotatable bonds is 6. The number of methoxy groups -OCH3 is 1. The highest BCUT2D eigenvalue weighted by molar-refractivity contribution is 5.70. The second-order valence-corrected chi connectivity index (χ2v) is 4.46. The molecule has 1 aliphatic rings. The van der Waals surface area contributed by atoms with E-state index in [9.17, 15) is 4.79 Å². The average molecular weight is 234 g/mol. The van der Waals surface area contributed by atoms with Crippen LogP contribution in [0.4, 0.5) is 0 Å². The van der Waals surface area contributed by atoms with Gasteiger partial charge in [-0.2, -0.15) is 0 Å². The number of aromatic nitrogens is 1. The third-order valence-corrected chi connectivity index (χ3v) is 3.12. The van der Waals surface area contributed by atoms with Crippen LogP contribution in [0.15, 0.2) is 24.5 Å². The molecule has 0 aromatic carbocycles. The first-order valence-corrected chi connectivity index (χ1v) is 5.98. The highest BCUT2D eigenvalue weighted by atomic mass is 16.5. The molecule has 1 unspecified atom stereocenters. The molecule has 0 aliphatic heterocycles. The number of carbonyl (C=O) groups is 1. The normalized spacial score (nSPS) is 16.5. The van der Waals surface area contributed by atoms with Gasteiger partial charge in [-0.3, -0.25) is 9.78 Å². The molecule has 1 fully saturated rings. The van der Waals surface area contributed by atoms with Crippen molar-refractivity contribution in [3.8, 4) is 0 Å². The molecule has 1 atom stereocenters. The molecule has 1 aliphatic carbocycles. The van der Waals surface area contributed by atoms with Gasteiger partial charge in [-0.05, 0) is 36.5 Å². The SMILES string of the molecule is COC(=O)CC(NCc1ccncc1)C1CC1. The number of nitrogens with one attached hydrogen (secondary N) is 1. The number of hydrogen-bond acceptors (Lipinski definition) is 4. The molecule has 17 heavy (non-hydrogen) atoms. The van der Waals surface area contributed by atoms with Crippen LogP contribution in [0, 0.1) is 5.92 Å². The summed E-state index contributed by atoms with van der Waals surface area (Å²) < 4.78 is 4.72. The van der Waals surface area contributed by atoms with E-state index < -0.39 is 0 Å². The van der Waals surface area contributed by atoms with Crippen LogP contribution >= 0.6 is 0 Å². The molecule has 1 heterocycles. The standard InChI is InChI=1S/C13H18N2O2/c1-17-13(16)8-12(11-2-3-11)15-9-10-4-6-14-7-5-10/h4-7,11-12,15H,2-3,8-9H2,1H3. The minimum atomic E-state index is -0.135. The van der Waals surface area contributed by atoms with E-state index in [1.807, 2.05) is 12.1 Å². The predicted octanol–water partition coefficient (Wildman–Crippen LogP) is 1.51. The lowest BCUT2D eigenvalue weighted by Gasteiger charge is -2.16. The summed E-state index contributed by atoms with van der Waals surface area (Å²) in [4.78, 5) is 15.3. The maximum absolute atomic E-state index is 11.3. The quantitative estimate of drug-likeness (QED) is 0.758. The summed E-state index contributed by atoms with van der Waals surface area (Å²) in [6.45, 7) is 0.778. The van der Waals surface area contributed by atoms with Gasteiger partial charge in [0.2, 0.25) is 0 Å². The van der Waals surface area contributed by atoms with Crippen molar-refractivity contribution in [3.05, 3.63) is 30.1 Å². The van der Waals surface area contributed by atoms with Gasteiger partial charge in [0, 0.05) is 25.0 Å². The van der Waals surface area contributed by atoms with Crippen molar-refractivity contribution in [2.45, 2.75) is 31.8 Å². The summed E-state index contributed by atoms with van der Waals surface area (Å²) in [6, 6.07) is 4.21. The highest BCUT2D eigenvalue weighted by Crippen LogP contribution is 2.34. The fourth-order valence-electron chi connectivity index (χ4n) is 1.92. The average Bonchev–Trinajstić information content (AvgIpc) is 3.19. The van der Waals surface area contributed by atoms with Crippen LogP contribution in [0.3, 0.4) is 0 Å². The first-order chi connectivity index (χ1) is 8.29. The van der Waals surface area contributed by atoms with Gasteiger partial charge >= 0.3 is 5.97 Å². The smallest absolute Gasteiger partial charge is 0.307 e. The number of carbonyl (C=O) groups excluding carboxylic acids is 1. The second kappa shape index (κ2) is 5.77. The number of esters is 1. The molecule has 1 N–H and O–H groups in total. The van der Waals surface area contributed by atoms with Crippen LogP contribution in [0.25, 0.3) is 0 Å². The third kappa shape index (κ3) is 3.82. The van der Waals surface area contributed by atoms with Gasteiger partial charge in [-0.1, -0.05) is 0 Å². The van der Waals surface area contributed by atoms with Crippen LogP contribution < -0.4 is 5.32 Å². The summed E-state index contributed by atoms with van der Waals surface area (Å²) in [6.07, 6.45) is 6.45. The lowest BCUT2D eigenvalue weighted by atomic mass is 10.1. The molecule has 0 radical (unpaired) electrons. The van der Waals surface area contributed by atoms with E-state index in [0.29, 0.717) is 12.3 Å². The van der Waals surface area contributed by atoms with E-state index in [0.717, 1.165) is 6.54 Å². The molecule has 0 spiro atoms. The van der Waals surface area contributed by atoms with E-state index in [-0.39, 0.29) is 12.0 Å². The molecular formula is C13H18N2O2.